The summed E-state index contributed by atoms with van der Waals surface area (Å²) >= 11 is 0. The zero-order valence-corrected chi connectivity index (χ0v) is 11.1. The van der Waals surface area contributed by atoms with Gasteiger partial charge in [-0.15, -0.1) is 0 Å². The summed E-state index contributed by atoms with van der Waals surface area (Å²) in [6.45, 7) is 2.72. The Balaban J connectivity index is 3.14. The van der Waals surface area contributed by atoms with Crippen molar-refractivity contribution >= 4 is 23.3 Å². The summed E-state index contributed by atoms with van der Waals surface area (Å²) in [7, 11) is 1.56. The highest BCUT2D eigenvalue weighted by molar-refractivity contribution is 5.99. The number of anilines is 2. The van der Waals surface area contributed by atoms with Gasteiger partial charge in [0.2, 0.25) is 5.91 Å². The second-order valence-corrected chi connectivity index (χ2v) is 4.09. The van der Waals surface area contributed by atoms with Gasteiger partial charge < -0.3 is 21.7 Å². The van der Waals surface area contributed by atoms with Gasteiger partial charge in [0.25, 0.3) is 5.91 Å². The smallest absolute Gasteiger partial charge is 0.251 e. The van der Waals surface area contributed by atoms with Gasteiger partial charge in [0.05, 0.1) is 24.0 Å². The van der Waals surface area contributed by atoms with E-state index in [1.165, 1.54) is 12.3 Å². The topological polar surface area (TPSA) is 114 Å². The van der Waals surface area contributed by atoms with E-state index in [2.05, 4.69) is 10.3 Å². The van der Waals surface area contributed by atoms with Crippen molar-refractivity contribution in [1.29, 1.82) is 0 Å². The third kappa shape index (κ3) is 3.84. The van der Waals surface area contributed by atoms with Crippen molar-refractivity contribution in [3.8, 4) is 0 Å². The molecular formula is C12H19N5O2. The number of carbonyl (C=O) groups is 2. The molecule has 2 amide bonds. The Hall–Kier alpha value is -2.31. The maximum absolute atomic E-state index is 11.5. The summed E-state index contributed by atoms with van der Waals surface area (Å²) in [5.41, 5.74) is 11.7. The number of hydrogen-bond acceptors (Lipinski definition) is 5. The van der Waals surface area contributed by atoms with Crippen molar-refractivity contribution in [2.45, 2.75) is 13.3 Å². The molecule has 0 aliphatic rings. The van der Waals surface area contributed by atoms with E-state index in [4.69, 9.17) is 11.5 Å². The third-order valence-corrected chi connectivity index (χ3v) is 2.62. The van der Waals surface area contributed by atoms with Gasteiger partial charge in [-0.25, -0.2) is 4.98 Å². The minimum Gasteiger partial charge on any atom is -0.384 e. The fraction of sp³-hybridized carbons (Fsp3) is 0.417. The number of nitrogen functional groups attached to an aromatic ring is 1. The molecule has 7 heteroatoms. The zero-order valence-electron chi connectivity index (χ0n) is 11.1. The Morgan fingerprint density at radius 1 is 1.47 bits per heavy atom. The van der Waals surface area contributed by atoms with Gasteiger partial charge in [0, 0.05) is 13.6 Å². The van der Waals surface area contributed by atoms with Crippen molar-refractivity contribution in [2.24, 2.45) is 5.73 Å². The van der Waals surface area contributed by atoms with Gasteiger partial charge in [-0.1, -0.05) is 6.92 Å². The van der Waals surface area contributed by atoms with Crippen molar-refractivity contribution < 1.29 is 9.59 Å². The lowest BCUT2D eigenvalue weighted by molar-refractivity contribution is -0.119. The average molecular weight is 265 g/mol. The highest BCUT2D eigenvalue weighted by Crippen LogP contribution is 2.21. The van der Waals surface area contributed by atoms with E-state index < -0.39 is 5.91 Å². The Morgan fingerprint density at radius 2 is 2.16 bits per heavy atom. The molecule has 0 spiro atoms. The van der Waals surface area contributed by atoms with Crippen molar-refractivity contribution in [3.05, 3.63) is 17.8 Å². The molecule has 5 N–H and O–H groups in total. The molecule has 0 bridgehead atoms. The van der Waals surface area contributed by atoms with Gasteiger partial charge in [-0.3, -0.25) is 9.59 Å². The predicted molar refractivity (Wildman–Crippen MR) is 73.7 cm³/mol. The number of carbonyl (C=O) groups excluding carboxylic acids is 2. The Labute approximate surface area is 112 Å². The predicted octanol–water partition coefficient (Wildman–Crippen LogP) is -0.275. The molecule has 1 aromatic heterocycles. The van der Waals surface area contributed by atoms with Crippen LogP contribution in [0.4, 0.5) is 11.5 Å². The number of aromatic nitrogens is 1. The summed E-state index contributed by atoms with van der Waals surface area (Å²) in [5.74, 6) is -0.531. The molecule has 0 radical (unpaired) electrons. The first kappa shape index (κ1) is 14.7. The summed E-state index contributed by atoms with van der Waals surface area (Å²) in [6.07, 6.45) is 2.29. The van der Waals surface area contributed by atoms with Gasteiger partial charge in [-0.05, 0) is 12.5 Å². The van der Waals surface area contributed by atoms with E-state index in [0.29, 0.717) is 12.2 Å². The zero-order chi connectivity index (χ0) is 14.4. The molecule has 1 heterocycles. The number of likely N-dealkylation sites (N-methyl/N-ethyl adjacent to an activating group) is 1. The number of pyridine rings is 1. The van der Waals surface area contributed by atoms with Crippen molar-refractivity contribution in [2.75, 3.05) is 30.8 Å². The van der Waals surface area contributed by atoms with E-state index >= 15 is 0 Å². The fourth-order valence-corrected chi connectivity index (χ4v) is 1.72. The number of hydrogen-bond donors (Lipinski definition) is 3. The molecule has 0 aliphatic carbocycles. The summed E-state index contributed by atoms with van der Waals surface area (Å²) in [4.78, 5) is 28.7. The van der Waals surface area contributed by atoms with Crippen molar-refractivity contribution in [1.82, 2.24) is 10.3 Å². The van der Waals surface area contributed by atoms with Gasteiger partial charge in [-0.2, -0.15) is 0 Å². The first-order valence-electron chi connectivity index (χ1n) is 6.00. The van der Waals surface area contributed by atoms with E-state index in [1.54, 1.807) is 11.9 Å². The Kier molecular flexibility index (Phi) is 5.11. The van der Waals surface area contributed by atoms with Crippen LogP contribution in [0.15, 0.2) is 12.3 Å². The van der Waals surface area contributed by atoms with Crippen LogP contribution < -0.4 is 21.7 Å². The average Bonchev–Trinajstić information content (AvgIpc) is 2.38. The SMILES string of the molecule is CCCN(CC(=O)NC)c1cnc(N)cc1C(N)=O. The van der Waals surface area contributed by atoms with E-state index in [-0.39, 0.29) is 23.8 Å². The first-order chi connectivity index (χ1) is 8.99. The van der Waals surface area contributed by atoms with Crippen molar-refractivity contribution in [3.63, 3.8) is 0 Å². The Bertz CT molecular complexity index is 475. The van der Waals surface area contributed by atoms with Crippen LogP contribution in [0.1, 0.15) is 23.7 Å². The maximum atomic E-state index is 11.5. The number of nitrogens with two attached hydrogens (primary N) is 2. The van der Waals surface area contributed by atoms with E-state index in [1.807, 2.05) is 6.92 Å². The van der Waals surface area contributed by atoms with Gasteiger partial charge in [0.1, 0.15) is 5.82 Å². The quantitative estimate of drug-likeness (QED) is 0.654. The van der Waals surface area contributed by atoms with Crippen LogP contribution >= 0.6 is 0 Å². The molecule has 0 fully saturated rings. The molecule has 0 unspecified atom stereocenters. The largest absolute Gasteiger partial charge is 0.384 e. The van der Waals surface area contributed by atoms with Crippen LogP contribution in [-0.2, 0) is 4.79 Å². The van der Waals surface area contributed by atoms with Crippen LogP contribution in [0.5, 0.6) is 0 Å². The number of amides is 2. The molecule has 19 heavy (non-hydrogen) atoms. The minimum atomic E-state index is -0.595. The molecule has 1 aromatic rings. The maximum Gasteiger partial charge on any atom is 0.251 e. The normalized spacial score (nSPS) is 10.0. The monoisotopic (exact) mass is 265 g/mol. The molecule has 0 saturated carbocycles. The number of primary amides is 1. The Morgan fingerprint density at radius 3 is 2.68 bits per heavy atom. The van der Waals surface area contributed by atoms with E-state index in [0.717, 1.165) is 6.42 Å². The third-order valence-electron chi connectivity index (χ3n) is 2.62. The second-order valence-electron chi connectivity index (χ2n) is 4.09. The highest BCUT2D eigenvalue weighted by Gasteiger charge is 2.17. The van der Waals surface area contributed by atoms with Gasteiger partial charge >= 0.3 is 0 Å². The molecule has 104 valence electrons. The van der Waals surface area contributed by atoms with Crippen LogP contribution in [-0.4, -0.2) is 36.9 Å². The van der Waals surface area contributed by atoms with Crippen LogP contribution in [0.2, 0.25) is 0 Å². The molecule has 7 nitrogen and oxygen atoms in total. The van der Waals surface area contributed by atoms with Crippen LogP contribution in [0, 0.1) is 0 Å². The molecule has 0 atom stereocenters. The highest BCUT2D eigenvalue weighted by atomic mass is 16.2. The van der Waals surface area contributed by atoms with Crippen LogP contribution in [0.25, 0.3) is 0 Å². The number of nitrogens with one attached hydrogen (secondary N) is 1. The second kappa shape index (κ2) is 6.58. The summed E-state index contributed by atoms with van der Waals surface area (Å²) in [6, 6.07) is 1.42. The summed E-state index contributed by atoms with van der Waals surface area (Å²) < 4.78 is 0. The molecule has 0 saturated heterocycles. The lowest BCUT2D eigenvalue weighted by Crippen LogP contribution is -2.37. The van der Waals surface area contributed by atoms with E-state index in [9.17, 15) is 9.59 Å². The molecule has 0 aromatic carbocycles. The molecule has 0 aliphatic heterocycles. The standard InChI is InChI=1S/C12H19N5O2/c1-3-4-17(7-11(18)15-2)9-6-16-10(13)5-8(9)12(14)19/h5-6H,3-4,7H2,1-2H3,(H2,13,16)(H2,14,19)(H,15,18). The fourth-order valence-electron chi connectivity index (χ4n) is 1.72. The number of rotatable bonds is 6. The van der Waals surface area contributed by atoms with Gasteiger partial charge in [0.15, 0.2) is 0 Å². The lowest BCUT2D eigenvalue weighted by atomic mass is 10.2. The minimum absolute atomic E-state index is 0.135. The lowest BCUT2D eigenvalue weighted by Gasteiger charge is -2.24. The van der Waals surface area contributed by atoms with Crippen LogP contribution in [0.3, 0.4) is 0 Å². The molecular weight excluding hydrogens is 246 g/mol. The summed E-state index contributed by atoms with van der Waals surface area (Å²) in [5, 5.41) is 2.54. The first-order valence-corrected chi connectivity index (χ1v) is 6.00. The number of nitrogens with zero attached hydrogens (tertiary/aromatic N) is 2. The molecule has 1 rings (SSSR count).